The summed E-state index contributed by atoms with van der Waals surface area (Å²) in [7, 11) is 0. The van der Waals surface area contributed by atoms with Crippen LogP contribution in [0.5, 0.6) is 0 Å². The summed E-state index contributed by atoms with van der Waals surface area (Å²) >= 11 is 0. The molecule has 0 aliphatic carbocycles. The van der Waals surface area contributed by atoms with Crippen molar-refractivity contribution in [1.29, 1.82) is 0 Å². The van der Waals surface area contributed by atoms with Crippen molar-refractivity contribution in [3.05, 3.63) is 11.4 Å². The second kappa shape index (κ2) is 4.56. The monoisotopic (exact) mass is 236 g/mol. The highest BCUT2D eigenvalue weighted by Crippen LogP contribution is 2.23. The number of rotatable bonds is 1. The molecule has 17 heavy (non-hydrogen) atoms. The van der Waals surface area contributed by atoms with E-state index in [4.69, 9.17) is 0 Å². The average Bonchev–Trinajstić information content (AvgIpc) is 2.44. The molecular weight excluding hydrogens is 216 g/mol. The first-order chi connectivity index (χ1) is 7.98. The maximum atomic E-state index is 10.0. The summed E-state index contributed by atoms with van der Waals surface area (Å²) in [5, 5.41) is 18.3. The number of nitrogens with zero attached hydrogens (tertiary/aromatic N) is 4. The van der Waals surface area contributed by atoms with Crippen LogP contribution in [0.4, 0.5) is 5.95 Å². The molecule has 1 saturated heterocycles. The number of aryl methyl sites for hydroxylation is 2. The summed E-state index contributed by atoms with van der Waals surface area (Å²) < 4.78 is 0. The lowest BCUT2D eigenvalue weighted by Crippen LogP contribution is -2.29. The van der Waals surface area contributed by atoms with E-state index in [-0.39, 0.29) is 0 Å². The molecule has 1 fully saturated rings. The van der Waals surface area contributed by atoms with E-state index in [9.17, 15) is 5.11 Å². The maximum absolute atomic E-state index is 10.0. The van der Waals surface area contributed by atoms with Gasteiger partial charge in [0.1, 0.15) is 0 Å². The van der Waals surface area contributed by atoms with Gasteiger partial charge < -0.3 is 10.0 Å². The standard InChI is InChI=1S/C12H20N4O/c1-9-10(2)14-15-11(13-9)16-7-4-5-12(3,17)6-8-16/h17H,4-8H2,1-3H3. The van der Waals surface area contributed by atoms with Gasteiger partial charge >= 0.3 is 0 Å². The first-order valence-corrected chi connectivity index (χ1v) is 6.13. The molecule has 2 heterocycles. The van der Waals surface area contributed by atoms with Crippen LogP contribution in [0.1, 0.15) is 37.6 Å². The molecule has 1 aromatic rings. The Hall–Kier alpha value is -1.23. The largest absolute Gasteiger partial charge is 0.390 e. The minimum absolute atomic E-state index is 0.554. The first-order valence-electron chi connectivity index (χ1n) is 6.13. The third kappa shape index (κ3) is 2.91. The van der Waals surface area contributed by atoms with Crippen LogP contribution < -0.4 is 4.90 Å². The van der Waals surface area contributed by atoms with Crippen molar-refractivity contribution in [3.8, 4) is 0 Å². The summed E-state index contributed by atoms with van der Waals surface area (Å²) in [6.45, 7) is 7.43. The van der Waals surface area contributed by atoms with E-state index < -0.39 is 5.60 Å². The van der Waals surface area contributed by atoms with Gasteiger partial charge in [-0.15, -0.1) is 5.10 Å². The Kier molecular flexibility index (Phi) is 3.28. The van der Waals surface area contributed by atoms with Crippen LogP contribution in [0.25, 0.3) is 0 Å². The van der Waals surface area contributed by atoms with Crippen molar-refractivity contribution in [2.45, 2.75) is 45.6 Å². The Balaban J connectivity index is 2.14. The van der Waals surface area contributed by atoms with Gasteiger partial charge in [0.15, 0.2) is 0 Å². The van der Waals surface area contributed by atoms with Crippen LogP contribution in [0, 0.1) is 13.8 Å². The molecule has 0 spiro atoms. The maximum Gasteiger partial charge on any atom is 0.245 e. The van der Waals surface area contributed by atoms with Crippen LogP contribution in [0.15, 0.2) is 0 Å². The number of aliphatic hydroxyl groups is 1. The zero-order valence-corrected chi connectivity index (χ0v) is 10.8. The van der Waals surface area contributed by atoms with E-state index in [1.807, 2.05) is 20.8 Å². The zero-order valence-electron chi connectivity index (χ0n) is 10.8. The molecule has 5 heteroatoms. The molecule has 0 bridgehead atoms. The lowest BCUT2D eigenvalue weighted by molar-refractivity contribution is 0.0481. The van der Waals surface area contributed by atoms with Gasteiger partial charge in [0.2, 0.25) is 5.95 Å². The Morgan fingerprint density at radius 3 is 2.59 bits per heavy atom. The molecule has 1 aromatic heterocycles. The van der Waals surface area contributed by atoms with Crippen LogP contribution in [-0.4, -0.2) is 39.0 Å². The molecule has 1 aliphatic rings. The minimum Gasteiger partial charge on any atom is -0.390 e. The van der Waals surface area contributed by atoms with Crippen molar-refractivity contribution in [3.63, 3.8) is 0 Å². The van der Waals surface area contributed by atoms with E-state index in [1.165, 1.54) is 0 Å². The van der Waals surface area contributed by atoms with E-state index in [0.717, 1.165) is 43.7 Å². The first kappa shape index (κ1) is 12.2. The van der Waals surface area contributed by atoms with Gasteiger partial charge in [-0.05, 0) is 40.0 Å². The topological polar surface area (TPSA) is 62.1 Å². The van der Waals surface area contributed by atoms with E-state index >= 15 is 0 Å². The van der Waals surface area contributed by atoms with Gasteiger partial charge in [-0.25, -0.2) is 4.98 Å². The fourth-order valence-electron chi connectivity index (χ4n) is 2.04. The van der Waals surface area contributed by atoms with E-state index in [2.05, 4.69) is 20.1 Å². The Bertz CT molecular complexity index is 405. The Labute approximate surface area is 102 Å². The molecule has 0 radical (unpaired) electrons. The molecule has 2 rings (SSSR count). The van der Waals surface area contributed by atoms with E-state index in [0.29, 0.717) is 5.95 Å². The van der Waals surface area contributed by atoms with E-state index in [1.54, 1.807) is 0 Å². The summed E-state index contributed by atoms with van der Waals surface area (Å²) in [6, 6.07) is 0. The third-order valence-electron chi connectivity index (χ3n) is 3.43. The molecule has 1 atom stereocenters. The van der Waals surface area contributed by atoms with Crippen molar-refractivity contribution in [2.24, 2.45) is 0 Å². The molecule has 0 saturated carbocycles. The molecule has 0 amide bonds. The molecule has 1 N–H and O–H groups in total. The average molecular weight is 236 g/mol. The summed E-state index contributed by atoms with van der Waals surface area (Å²) in [5.74, 6) is 0.686. The number of hydrogen-bond donors (Lipinski definition) is 1. The Morgan fingerprint density at radius 2 is 1.88 bits per heavy atom. The molecular formula is C12H20N4O. The van der Waals surface area contributed by atoms with Crippen LogP contribution in [0.3, 0.4) is 0 Å². The lowest BCUT2D eigenvalue weighted by atomic mass is 9.98. The second-order valence-corrected chi connectivity index (χ2v) is 5.12. The van der Waals surface area contributed by atoms with Crippen LogP contribution in [-0.2, 0) is 0 Å². The highest BCUT2D eigenvalue weighted by Gasteiger charge is 2.26. The number of anilines is 1. The second-order valence-electron chi connectivity index (χ2n) is 5.12. The minimum atomic E-state index is -0.554. The predicted molar refractivity (Wildman–Crippen MR) is 66.0 cm³/mol. The van der Waals surface area contributed by atoms with Crippen molar-refractivity contribution >= 4 is 5.95 Å². The lowest BCUT2D eigenvalue weighted by Gasteiger charge is -2.22. The van der Waals surface area contributed by atoms with Crippen molar-refractivity contribution in [1.82, 2.24) is 15.2 Å². The van der Waals surface area contributed by atoms with Crippen molar-refractivity contribution < 1.29 is 5.11 Å². The normalized spacial score (nSPS) is 25.8. The number of hydrogen-bond acceptors (Lipinski definition) is 5. The zero-order chi connectivity index (χ0) is 12.5. The van der Waals surface area contributed by atoms with Gasteiger partial charge in [-0.3, -0.25) is 0 Å². The third-order valence-corrected chi connectivity index (χ3v) is 3.43. The highest BCUT2D eigenvalue weighted by molar-refractivity contribution is 5.30. The molecule has 1 aliphatic heterocycles. The van der Waals surface area contributed by atoms with Crippen molar-refractivity contribution in [2.75, 3.05) is 18.0 Å². The van der Waals surface area contributed by atoms with Crippen LogP contribution in [0.2, 0.25) is 0 Å². The van der Waals surface area contributed by atoms with Gasteiger partial charge in [0.25, 0.3) is 0 Å². The highest BCUT2D eigenvalue weighted by atomic mass is 16.3. The Morgan fingerprint density at radius 1 is 1.12 bits per heavy atom. The molecule has 5 nitrogen and oxygen atoms in total. The summed E-state index contributed by atoms with van der Waals surface area (Å²) in [4.78, 5) is 6.57. The van der Waals surface area contributed by atoms with Gasteiger partial charge in [-0.2, -0.15) is 5.10 Å². The quantitative estimate of drug-likeness (QED) is 0.794. The smallest absolute Gasteiger partial charge is 0.245 e. The predicted octanol–water partition coefficient (Wildman–Crippen LogP) is 1.23. The fraction of sp³-hybridized carbons (Fsp3) is 0.750. The number of aromatic nitrogens is 3. The molecule has 0 aromatic carbocycles. The van der Waals surface area contributed by atoms with Crippen LogP contribution >= 0.6 is 0 Å². The van der Waals surface area contributed by atoms with Gasteiger partial charge in [0, 0.05) is 13.1 Å². The summed E-state index contributed by atoms with van der Waals surface area (Å²) in [6.07, 6.45) is 2.55. The fourth-order valence-corrected chi connectivity index (χ4v) is 2.04. The summed E-state index contributed by atoms with van der Waals surface area (Å²) in [5.41, 5.74) is 1.24. The van der Waals surface area contributed by atoms with Gasteiger partial charge in [-0.1, -0.05) is 0 Å². The SMILES string of the molecule is Cc1nnc(N2CCCC(C)(O)CC2)nc1C. The van der Waals surface area contributed by atoms with Gasteiger partial charge in [0.05, 0.1) is 17.0 Å². The molecule has 1 unspecified atom stereocenters. The molecule has 94 valence electrons.